The second-order valence-electron chi connectivity index (χ2n) is 4.16. The summed E-state index contributed by atoms with van der Waals surface area (Å²) in [6.45, 7) is 2.73. The fraction of sp³-hybridized carbons (Fsp3) is 0.500. The molecule has 0 atom stereocenters. The molecule has 0 unspecified atom stereocenters. The molecule has 0 saturated heterocycles. The molecule has 0 heterocycles. The number of carbonyl (C=O) groups excluding carboxylic acids is 1. The minimum Gasteiger partial charge on any atom is -0.496 e. The zero-order valence-corrected chi connectivity index (χ0v) is 12.5. The molecule has 0 aliphatic carbocycles. The van der Waals surface area contributed by atoms with Crippen LogP contribution < -0.4 is 10.1 Å². The Morgan fingerprint density at radius 3 is 2.89 bits per heavy atom. The molecule has 0 aliphatic heterocycles. The maximum atomic E-state index is 11.5. The van der Waals surface area contributed by atoms with Gasteiger partial charge in [0.05, 0.1) is 7.11 Å². The summed E-state index contributed by atoms with van der Waals surface area (Å²) in [5, 5.41) is 2.93. The minimum atomic E-state index is 0.130. The number of unbranched alkanes of at least 4 members (excludes halogenated alkanes) is 1. The molecule has 100 valence electrons. The Labute approximate surface area is 117 Å². The zero-order valence-electron chi connectivity index (χ0n) is 11.0. The maximum Gasteiger partial charge on any atom is 0.220 e. The third kappa shape index (κ3) is 5.08. The molecule has 4 heteroatoms. The lowest BCUT2D eigenvalue weighted by Gasteiger charge is -2.09. The van der Waals surface area contributed by atoms with E-state index in [1.807, 2.05) is 18.2 Å². The van der Waals surface area contributed by atoms with Gasteiger partial charge in [-0.2, -0.15) is 0 Å². The summed E-state index contributed by atoms with van der Waals surface area (Å²) in [4.78, 5) is 11.5. The highest BCUT2D eigenvalue weighted by molar-refractivity contribution is 9.10. The smallest absolute Gasteiger partial charge is 0.220 e. The summed E-state index contributed by atoms with van der Waals surface area (Å²) in [6, 6.07) is 5.90. The van der Waals surface area contributed by atoms with Crippen LogP contribution in [0, 0.1) is 0 Å². The Bertz CT molecular complexity index is 393. The van der Waals surface area contributed by atoms with E-state index in [9.17, 15) is 4.79 Å². The molecule has 0 aromatic heterocycles. The molecular formula is C14H20BrNO2. The monoisotopic (exact) mass is 313 g/mol. The summed E-state index contributed by atoms with van der Waals surface area (Å²) in [5.74, 6) is 0.992. The normalized spacial score (nSPS) is 10.2. The topological polar surface area (TPSA) is 38.3 Å². The third-order valence-electron chi connectivity index (χ3n) is 2.72. The standard InChI is InChI=1S/C14H20BrNO2/c1-3-4-5-14(17)16-9-8-11-10-12(15)6-7-13(11)18-2/h6-7,10H,3-5,8-9H2,1-2H3,(H,16,17). The Kier molecular flexibility index (Phi) is 6.80. The number of hydrogen-bond acceptors (Lipinski definition) is 2. The molecule has 0 fully saturated rings. The Morgan fingerprint density at radius 1 is 1.44 bits per heavy atom. The molecule has 1 aromatic carbocycles. The van der Waals surface area contributed by atoms with E-state index in [4.69, 9.17) is 4.74 Å². The average molecular weight is 314 g/mol. The summed E-state index contributed by atoms with van der Waals surface area (Å²) >= 11 is 3.44. The summed E-state index contributed by atoms with van der Waals surface area (Å²) < 4.78 is 6.31. The van der Waals surface area contributed by atoms with Gasteiger partial charge in [0.2, 0.25) is 5.91 Å². The lowest BCUT2D eigenvalue weighted by molar-refractivity contribution is -0.121. The van der Waals surface area contributed by atoms with Crippen LogP contribution in [0.5, 0.6) is 5.75 Å². The largest absolute Gasteiger partial charge is 0.496 e. The lowest BCUT2D eigenvalue weighted by atomic mass is 10.1. The van der Waals surface area contributed by atoms with Gasteiger partial charge in [-0.3, -0.25) is 4.79 Å². The van der Waals surface area contributed by atoms with Gasteiger partial charge in [-0.05, 0) is 36.6 Å². The van der Waals surface area contributed by atoms with Crippen LogP contribution in [-0.2, 0) is 11.2 Å². The van der Waals surface area contributed by atoms with Crippen molar-refractivity contribution in [3.8, 4) is 5.75 Å². The highest BCUT2D eigenvalue weighted by atomic mass is 79.9. The van der Waals surface area contributed by atoms with Crippen molar-refractivity contribution in [1.82, 2.24) is 5.32 Å². The number of methoxy groups -OCH3 is 1. The van der Waals surface area contributed by atoms with Gasteiger partial charge in [0.15, 0.2) is 0 Å². The fourth-order valence-corrected chi connectivity index (χ4v) is 2.11. The molecule has 0 radical (unpaired) electrons. The third-order valence-corrected chi connectivity index (χ3v) is 3.21. The van der Waals surface area contributed by atoms with E-state index >= 15 is 0 Å². The van der Waals surface area contributed by atoms with Crippen LogP contribution in [0.15, 0.2) is 22.7 Å². The van der Waals surface area contributed by atoms with Crippen LogP contribution in [0.4, 0.5) is 0 Å². The SMILES string of the molecule is CCCCC(=O)NCCc1cc(Br)ccc1OC. The van der Waals surface area contributed by atoms with Gasteiger partial charge in [-0.15, -0.1) is 0 Å². The van der Waals surface area contributed by atoms with Gasteiger partial charge in [0, 0.05) is 17.4 Å². The summed E-state index contributed by atoms with van der Waals surface area (Å²) in [6.07, 6.45) is 3.39. The van der Waals surface area contributed by atoms with E-state index in [1.54, 1.807) is 7.11 Å². The molecule has 0 spiro atoms. The number of amides is 1. The minimum absolute atomic E-state index is 0.130. The molecule has 0 bridgehead atoms. The molecular weight excluding hydrogens is 294 g/mol. The number of carbonyl (C=O) groups is 1. The molecule has 0 saturated carbocycles. The molecule has 0 aliphatic rings. The number of nitrogens with one attached hydrogen (secondary N) is 1. The van der Waals surface area contributed by atoms with Gasteiger partial charge in [0.1, 0.15) is 5.75 Å². The Morgan fingerprint density at radius 2 is 2.22 bits per heavy atom. The van der Waals surface area contributed by atoms with Crippen molar-refractivity contribution in [3.05, 3.63) is 28.2 Å². The van der Waals surface area contributed by atoms with Crippen molar-refractivity contribution in [2.45, 2.75) is 32.6 Å². The molecule has 1 amide bonds. The van der Waals surface area contributed by atoms with Crippen molar-refractivity contribution in [2.75, 3.05) is 13.7 Å². The van der Waals surface area contributed by atoms with Crippen LogP contribution in [0.2, 0.25) is 0 Å². The number of halogens is 1. The number of ether oxygens (including phenoxy) is 1. The highest BCUT2D eigenvalue weighted by Gasteiger charge is 2.05. The van der Waals surface area contributed by atoms with Gasteiger partial charge < -0.3 is 10.1 Å². The van der Waals surface area contributed by atoms with Crippen LogP contribution in [-0.4, -0.2) is 19.6 Å². The van der Waals surface area contributed by atoms with E-state index in [2.05, 4.69) is 28.2 Å². The van der Waals surface area contributed by atoms with Gasteiger partial charge in [-0.1, -0.05) is 29.3 Å². The first-order valence-corrected chi connectivity index (χ1v) is 7.05. The van der Waals surface area contributed by atoms with Gasteiger partial charge in [-0.25, -0.2) is 0 Å². The summed E-state index contributed by atoms with van der Waals surface area (Å²) in [5.41, 5.74) is 1.10. The van der Waals surface area contributed by atoms with E-state index in [0.29, 0.717) is 13.0 Å². The van der Waals surface area contributed by atoms with E-state index in [-0.39, 0.29) is 5.91 Å². The predicted molar refractivity (Wildman–Crippen MR) is 76.9 cm³/mol. The van der Waals surface area contributed by atoms with E-state index < -0.39 is 0 Å². The number of rotatable bonds is 7. The molecule has 18 heavy (non-hydrogen) atoms. The van der Waals surface area contributed by atoms with Crippen molar-refractivity contribution in [1.29, 1.82) is 0 Å². The Balaban J connectivity index is 2.43. The lowest BCUT2D eigenvalue weighted by Crippen LogP contribution is -2.25. The second kappa shape index (κ2) is 8.14. The maximum absolute atomic E-state index is 11.5. The highest BCUT2D eigenvalue weighted by Crippen LogP contribution is 2.23. The molecule has 1 N–H and O–H groups in total. The fourth-order valence-electron chi connectivity index (χ4n) is 1.70. The molecule has 1 aromatic rings. The van der Waals surface area contributed by atoms with Crippen molar-refractivity contribution < 1.29 is 9.53 Å². The van der Waals surface area contributed by atoms with Crippen molar-refractivity contribution in [2.24, 2.45) is 0 Å². The van der Waals surface area contributed by atoms with Gasteiger partial charge in [0.25, 0.3) is 0 Å². The Hall–Kier alpha value is -1.03. The van der Waals surface area contributed by atoms with Gasteiger partial charge >= 0.3 is 0 Å². The number of hydrogen-bond donors (Lipinski definition) is 1. The van der Waals surface area contributed by atoms with Crippen LogP contribution in [0.25, 0.3) is 0 Å². The summed E-state index contributed by atoms with van der Waals surface area (Å²) in [7, 11) is 1.66. The first-order valence-electron chi connectivity index (χ1n) is 6.26. The van der Waals surface area contributed by atoms with Crippen molar-refractivity contribution >= 4 is 21.8 Å². The van der Waals surface area contributed by atoms with Crippen molar-refractivity contribution in [3.63, 3.8) is 0 Å². The first kappa shape index (κ1) is 15.0. The van der Waals surface area contributed by atoms with E-state index in [1.165, 1.54) is 0 Å². The average Bonchev–Trinajstić information content (AvgIpc) is 2.36. The van der Waals surface area contributed by atoms with E-state index in [0.717, 1.165) is 35.0 Å². The second-order valence-corrected chi connectivity index (χ2v) is 5.08. The molecule has 3 nitrogen and oxygen atoms in total. The first-order chi connectivity index (χ1) is 8.67. The zero-order chi connectivity index (χ0) is 13.4. The number of benzene rings is 1. The predicted octanol–water partition coefficient (Wildman–Crippen LogP) is 3.31. The van der Waals surface area contributed by atoms with Crippen LogP contribution in [0.1, 0.15) is 31.7 Å². The molecule has 1 rings (SSSR count). The quantitative estimate of drug-likeness (QED) is 0.838. The van der Waals surface area contributed by atoms with Crippen LogP contribution in [0.3, 0.4) is 0 Å². The van der Waals surface area contributed by atoms with Crippen LogP contribution >= 0.6 is 15.9 Å².